The molecule has 7 nitrogen and oxygen atoms in total. The first-order valence-electron chi connectivity index (χ1n) is 8.89. The number of carbonyl (C=O) groups excluding carboxylic acids is 1. The summed E-state index contributed by atoms with van der Waals surface area (Å²) in [5, 5.41) is 12.7. The second kappa shape index (κ2) is 15.0. The van der Waals surface area contributed by atoms with Crippen LogP contribution in [0.5, 0.6) is 5.75 Å². The molecule has 0 atom stereocenters. The Balaban J connectivity index is 2.13. The molecule has 1 rings (SSSR count). The number of halogens is 2. The number of methoxy groups -OCH3 is 1. The maximum absolute atomic E-state index is 11.9. The fourth-order valence-corrected chi connectivity index (χ4v) is 3.75. The summed E-state index contributed by atoms with van der Waals surface area (Å²) in [5.41, 5.74) is 6.29. The second-order valence-electron chi connectivity index (χ2n) is 5.68. The van der Waals surface area contributed by atoms with Crippen molar-refractivity contribution in [1.29, 1.82) is 0 Å². The first-order chi connectivity index (χ1) is 13.1. The van der Waals surface area contributed by atoms with E-state index in [0.717, 1.165) is 59.5 Å². The van der Waals surface area contributed by atoms with Crippen molar-refractivity contribution in [1.82, 2.24) is 21.3 Å². The molecule has 1 aromatic carbocycles. The molecule has 0 aliphatic rings. The summed E-state index contributed by atoms with van der Waals surface area (Å²) in [6.45, 7) is 6.40. The Morgan fingerprint density at radius 1 is 1.00 bits per heavy atom. The molecule has 0 fully saturated rings. The Hall–Kier alpha value is -0.970. The van der Waals surface area contributed by atoms with Crippen LogP contribution >= 0.6 is 31.9 Å². The van der Waals surface area contributed by atoms with Crippen LogP contribution in [0.2, 0.25) is 0 Å². The number of amides is 1. The number of hydrogen-bond acceptors (Lipinski definition) is 6. The van der Waals surface area contributed by atoms with Crippen LogP contribution in [0, 0.1) is 0 Å². The van der Waals surface area contributed by atoms with Gasteiger partial charge in [-0.3, -0.25) is 4.79 Å². The number of ether oxygens (including phenoxy) is 1. The van der Waals surface area contributed by atoms with Gasteiger partial charge in [-0.25, -0.2) is 0 Å². The molecule has 0 spiro atoms. The third kappa shape index (κ3) is 10.8. The summed E-state index contributed by atoms with van der Waals surface area (Å²) in [4.78, 5) is 11.9. The van der Waals surface area contributed by atoms with E-state index in [-0.39, 0.29) is 5.91 Å². The predicted molar refractivity (Wildman–Crippen MR) is 118 cm³/mol. The van der Waals surface area contributed by atoms with Gasteiger partial charge in [-0.1, -0.05) is 0 Å². The number of benzene rings is 1. The van der Waals surface area contributed by atoms with E-state index in [1.807, 2.05) is 12.1 Å². The van der Waals surface area contributed by atoms with E-state index < -0.39 is 0 Å². The molecular formula is C18H29Br2N5O2. The average molecular weight is 507 g/mol. The largest absolute Gasteiger partial charge is 0.494 e. The van der Waals surface area contributed by atoms with Crippen LogP contribution in [-0.2, 0) is 4.79 Å². The fourth-order valence-electron chi connectivity index (χ4n) is 2.21. The van der Waals surface area contributed by atoms with Crippen LogP contribution < -0.4 is 31.7 Å². The van der Waals surface area contributed by atoms with Crippen LogP contribution in [0.1, 0.15) is 5.56 Å². The normalized spacial score (nSPS) is 11.1. The first kappa shape index (κ1) is 24.1. The van der Waals surface area contributed by atoms with Crippen molar-refractivity contribution in [2.24, 2.45) is 5.73 Å². The SMILES string of the molecule is COc1c(Br)cc(/C=C/C(=O)NCCNCCNCCNCCN)cc1Br. The van der Waals surface area contributed by atoms with Gasteiger partial charge >= 0.3 is 0 Å². The Morgan fingerprint density at radius 2 is 1.52 bits per heavy atom. The van der Waals surface area contributed by atoms with E-state index in [4.69, 9.17) is 10.5 Å². The van der Waals surface area contributed by atoms with Crippen molar-refractivity contribution in [3.8, 4) is 5.75 Å². The first-order valence-corrected chi connectivity index (χ1v) is 10.5. The summed E-state index contributed by atoms with van der Waals surface area (Å²) in [6.07, 6.45) is 3.29. The maximum Gasteiger partial charge on any atom is 0.244 e. The summed E-state index contributed by atoms with van der Waals surface area (Å²) < 4.78 is 6.92. The molecule has 152 valence electrons. The summed E-state index contributed by atoms with van der Waals surface area (Å²) in [5.74, 6) is 0.605. The van der Waals surface area contributed by atoms with Crippen LogP contribution in [0.25, 0.3) is 6.08 Å². The summed E-state index contributed by atoms with van der Waals surface area (Å²) in [7, 11) is 1.61. The highest BCUT2D eigenvalue weighted by Gasteiger charge is 2.06. The van der Waals surface area contributed by atoms with Crippen molar-refractivity contribution < 1.29 is 9.53 Å². The highest BCUT2D eigenvalue weighted by atomic mass is 79.9. The van der Waals surface area contributed by atoms with Crippen LogP contribution in [0.4, 0.5) is 0 Å². The molecule has 0 bridgehead atoms. The molecule has 0 aliphatic carbocycles. The van der Waals surface area contributed by atoms with Gasteiger partial charge in [0, 0.05) is 58.4 Å². The van der Waals surface area contributed by atoms with E-state index in [9.17, 15) is 4.79 Å². The molecule has 0 unspecified atom stereocenters. The number of rotatable bonds is 14. The van der Waals surface area contributed by atoms with Gasteiger partial charge in [-0.05, 0) is 55.6 Å². The molecule has 1 amide bonds. The lowest BCUT2D eigenvalue weighted by Crippen LogP contribution is -2.36. The highest BCUT2D eigenvalue weighted by molar-refractivity contribution is 9.11. The maximum atomic E-state index is 11.9. The van der Waals surface area contributed by atoms with Crippen molar-refractivity contribution in [2.45, 2.75) is 0 Å². The molecule has 1 aromatic rings. The Kier molecular flexibility index (Phi) is 13.4. The number of hydrogen-bond donors (Lipinski definition) is 5. The fraction of sp³-hybridized carbons (Fsp3) is 0.500. The lowest BCUT2D eigenvalue weighted by atomic mass is 10.2. The zero-order valence-electron chi connectivity index (χ0n) is 15.6. The monoisotopic (exact) mass is 505 g/mol. The highest BCUT2D eigenvalue weighted by Crippen LogP contribution is 2.34. The van der Waals surface area contributed by atoms with E-state index in [2.05, 4.69) is 53.1 Å². The van der Waals surface area contributed by atoms with Gasteiger partial charge in [0.2, 0.25) is 5.91 Å². The van der Waals surface area contributed by atoms with Gasteiger partial charge in [0.1, 0.15) is 5.75 Å². The third-order valence-electron chi connectivity index (χ3n) is 3.53. The van der Waals surface area contributed by atoms with Gasteiger partial charge in [0.15, 0.2) is 0 Å². The van der Waals surface area contributed by atoms with Crippen molar-refractivity contribution in [2.75, 3.05) is 59.5 Å². The van der Waals surface area contributed by atoms with Gasteiger partial charge in [0.05, 0.1) is 16.1 Å². The van der Waals surface area contributed by atoms with Gasteiger partial charge < -0.3 is 31.7 Å². The van der Waals surface area contributed by atoms with Crippen LogP contribution in [-0.4, -0.2) is 65.4 Å². The standard InChI is InChI=1S/C18H29Br2N5O2/c1-27-18-15(19)12-14(13-16(18)20)2-3-17(26)25-11-10-24-9-8-23-7-6-22-5-4-21/h2-3,12-13,22-24H,4-11,21H2,1H3,(H,25,26)/b3-2+. The van der Waals surface area contributed by atoms with Gasteiger partial charge in [-0.15, -0.1) is 0 Å². The zero-order chi connectivity index (χ0) is 19.9. The number of nitrogens with two attached hydrogens (primary N) is 1. The molecular weight excluding hydrogens is 478 g/mol. The topological polar surface area (TPSA) is 100 Å². The number of nitrogens with one attached hydrogen (secondary N) is 4. The smallest absolute Gasteiger partial charge is 0.244 e. The zero-order valence-corrected chi connectivity index (χ0v) is 18.8. The molecule has 27 heavy (non-hydrogen) atoms. The molecule has 0 aliphatic heterocycles. The third-order valence-corrected chi connectivity index (χ3v) is 4.71. The Bertz CT molecular complexity index is 576. The van der Waals surface area contributed by atoms with E-state index >= 15 is 0 Å². The minimum atomic E-state index is -0.121. The van der Waals surface area contributed by atoms with Crippen LogP contribution in [0.3, 0.4) is 0 Å². The molecule has 0 radical (unpaired) electrons. The minimum Gasteiger partial charge on any atom is -0.494 e. The van der Waals surface area contributed by atoms with Gasteiger partial charge in [0.25, 0.3) is 0 Å². The van der Waals surface area contributed by atoms with Crippen LogP contribution in [0.15, 0.2) is 27.2 Å². The van der Waals surface area contributed by atoms with E-state index in [1.54, 1.807) is 13.2 Å². The Morgan fingerprint density at radius 3 is 2.04 bits per heavy atom. The predicted octanol–water partition coefficient (Wildman–Crippen LogP) is 1.08. The molecule has 0 saturated carbocycles. The van der Waals surface area contributed by atoms with Crippen molar-refractivity contribution >= 4 is 43.8 Å². The lowest BCUT2D eigenvalue weighted by molar-refractivity contribution is -0.116. The molecule has 0 aromatic heterocycles. The van der Waals surface area contributed by atoms with Crippen molar-refractivity contribution in [3.63, 3.8) is 0 Å². The summed E-state index contributed by atoms with van der Waals surface area (Å²) >= 11 is 6.89. The average Bonchev–Trinajstić information content (AvgIpc) is 2.64. The molecule has 0 heterocycles. The molecule has 9 heteroatoms. The quantitative estimate of drug-likeness (QED) is 0.191. The summed E-state index contributed by atoms with van der Waals surface area (Å²) in [6, 6.07) is 3.79. The number of carbonyl (C=O) groups is 1. The minimum absolute atomic E-state index is 0.121. The van der Waals surface area contributed by atoms with Gasteiger partial charge in [-0.2, -0.15) is 0 Å². The van der Waals surface area contributed by atoms with Crippen molar-refractivity contribution in [3.05, 3.63) is 32.7 Å². The lowest BCUT2D eigenvalue weighted by Gasteiger charge is -2.08. The Labute approximate surface area is 178 Å². The second-order valence-corrected chi connectivity index (χ2v) is 7.39. The molecule has 6 N–H and O–H groups in total. The van der Waals surface area contributed by atoms with E-state index in [0.29, 0.717) is 13.1 Å². The molecule has 0 saturated heterocycles. The van der Waals surface area contributed by atoms with E-state index in [1.165, 1.54) is 6.08 Å².